The lowest BCUT2D eigenvalue weighted by atomic mass is 10.2. The number of nitrogen functional groups attached to an aromatic ring is 2. The largest absolute Gasteiger partial charge is 0.397 e. The van der Waals surface area contributed by atoms with E-state index in [2.05, 4.69) is 6.92 Å². The SMILES string of the molecule is CCSc1cc(N)c(N)c(CCl)c1. The number of alkyl halides is 1. The fourth-order valence-electron chi connectivity index (χ4n) is 1.07. The summed E-state index contributed by atoms with van der Waals surface area (Å²) in [4.78, 5) is 1.13. The van der Waals surface area contributed by atoms with Crippen molar-refractivity contribution in [1.29, 1.82) is 0 Å². The molecule has 0 saturated carbocycles. The van der Waals surface area contributed by atoms with Crippen molar-refractivity contribution in [1.82, 2.24) is 0 Å². The summed E-state index contributed by atoms with van der Waals surface area (Å²) < 4.78 is 0. The van der Waals surface area contributed by atoms with Gasteiger partial charge in [0.15, 0.2) is 0 Å². The van der Waals surface area contributed by atoms with Crippen LogP contribution in [0.3, 0.4) is 0 Å². The third-order valence-corrected chi connectivity index (χ3v) is 2.87. The van der Waals surface area contributed by atoms with Gasteiger partial charge in [-0.15, -0.1) is 23.4 Å². The number of thioether (sulfide) groups is 1. The van der Waals surface area contributed by atoms with Crippen LogP contribution in [0.1, 0.15) is 12.5 Å². The fourth-order valence-corrected chi connectivity index (χ4v) is 2.06. The molecule has 0 radical (unpaired) electrons. The minimum Gasteiger partial charge on any atom is -0.397 e. The number of anilines is 2. The molecule has 13 heavy (non-hydrogen) atoms. The maximum Gasteiger partial charge on any atom is 0.0593 e. The molecule has 0 heterocycles. The molecule has 2 nitrogen and oxygen atoms in total. The zero-order valence-corrected chi connectivity index (χ0v) is 9.08. The van der Waals surface area contributed by atoms with Crippen molar-refractivity contribution in [3.05, 3.63) is 17.7 Å². The Morgan fingerprint density at radius 3 is 2.62 bits per heavy atom. The molecule has 4 heteroatoms. The molecular formula is C9H13ClN2S. The fraction of sp³-hybridized carbons (Fsp3) is 0.333. The molecule has 0 saturated heterocycles. The minimum absolute atomic E-state index is 0.411. The van der Waals surface area contributed by atoms with Crippen LogP contribution in [-0.2, 0) is 5.88 Å². The first-order chi connectivity index (χ1) is 6.19. The van der Waals surface area contributed by atoms with Crippen molar-refractivity contribution in [3.8, 4) is 0 Å². The van der Waals surface area contributed by atoms with E-state index in [1.54, 1.807) is 11.8 Å². The summed E-state index contributed by atoms with van der Waals surface area (Å²) in [7, 11) is 0. The smallest absolute Gasteiger partial charge is 0.0593 e. The summed E-state index contributed by atoms with van der Waals surface area (Å²) in [6.45, 7) is 2.09. The van der Waals surface area contributed by atoms with Crippen molar-refractivity contribution in [3.63, 3.8) is 0 Å². The summed E-state index contributed by atoms with van der Waals surface area (Å²) in [6, 6.07) is 3.88. The van der Waals surface area contributed by atoms with Gasteiger partial charge in [-0.1, -0.05) is 6.92 Å². The highest BCUT2D eigenvalue weighted by Gasteiger charge is 2.04. The number of hydrogen-bond acceptors (Lipinski definition) is 3. The summed E-state index contributed by atoms with van der Waals surface area (Å²) in [5, 5.41) is 0. The third-order valence-electron chi connectivity index (χ3n) is 1.73. The molecule has 1 aromatic carbocycles. The van der Waals surface area contributed by atoms with E-state index in [4.69, 9.17) is 23.1 Å². The van der Waals surface area contributed by atoms with Crippen molar-refractivity contribution >= 4 is 34.7 Å². The lowest BCUT2D eigenvalue weighted by Gasteiger charge is -2.08. The second-order valence-corrected chi connectivity index (χ2v) is 4.26. The van der Waals surface area contributed by atoms with Crippen LogP contribution in [0.2, 0.25) is 0 Å². The van der Waals surface area contributed by atoms with Crippen LogP contribution < -0.4 is 11.5 Å². The summed E-state index contributed by atoms with van der Waals surface area (Å²) >= 11 is 7.46. The first-order valence-electron chi connectivity index (χ1n) is 4.05. The van der Waals surface area contributed by atoms with Gasteiger partial charge in [0.25, 0.3) is 0 Å². The number of rotatable bonds is 3. The van der Waals surface area contributed by atoms with Gasteiger partial charge in [0.2, 0.25) is 0 Å². The Kier molecular flexibility index (Phi) is 3.75. The number of hydrogen-bond donors (Lipinski definition) is 2. The zero-order valence-electron chi connectivity index (χ0n) is 7.51. The van der Waals surface area contributed by atoms with Gasteiger partial charge in [-0.2, -0.15) is 0 Å². The molecule has 4 N–H and O–H groups in total. The number of benzene rings is 1. The van der Waals surface area contributed by atoms with Gasteiger partial charge < -0.3 is 11.5 Å². The predicted molar refractivity (Wildman–Crippen MR) is 61.2 cm³/mol. The Hall–Kier alpha value is -0.540. The van der Waals surface area contributed by atoms with Crippen molar-refractivity contribution in [2.45, 2.75) is 17.7 Å². The van der Waals surface area contributed by atoms with Gasteiger partial charge in [0, 0.05) is 10.8 Å². The average molecular weight is 217 g/mol. The van der Waals surface area contributed by atoms with Crippen molar-refractivity contribution in [2.24, 2.45) is 0 Å². The maximum absolute atomic E-state index is 5.74. The summed E-state index contributed by atoms with van der Waals surface area (Å²) in [6.07, 6.45) is 0. The third kappa shape index (κ3) is 2.45. The van der Waals surface area contributed by atoms with Gasteiger partial charge in [-0.25, -0.2) is 0 Å². The van der Waals surface area contributed by atoms with E-state index < -0.39 is 0 Å². The Morgan fingerprint density at radius 2 is 2.08 bits per heavy atom. The van der Waals surface area contributed by atoms with Crippen LogP contribution in [-0.4, -0.2) is 5.75 Å². The Labute approximate surface area is 87.6 Å². The van der Waals surface area contributed by atoms with Crippen LogP contribution in [0, 0.1) is 0 Å². The first kappa shape index (κ1) is 10.5. The molecule has 0 amide bonds. The van der Waals surface area contributed by atoms with Gasteiger partial charge in [-0.05, 0) is 23.4 Å². The van der Waals surface area contributed by atoms with E-state index in [0.717, 1.165) is 16.2 Å². The molecule has 0 spiro atoms. The van der Waals surface area contributed by atoms with E-state index >= 15 is 0 Å². The van der Waals surface area contributed by atoms with E-state index in [1.807, 2.05) is 12.1 Å². The van der Waals surface area contributed by atoms with E-state index in [1.165, 1.54) is 0 Å². The lowest BCUT2D eigenvalue weighted by molar-refractivity contribution is 1.32. The molecule has 0 aliphatic heterocycles. The lowest BCUT2D eigenvalue weighted by Crippen LogP contribution is -1.99. The van der Waals surface area contributed by atoms with Crippen LogP contribution in [0.5, 0.6) is 0 Å². The summed E-state index contributed by atoms with van der Waals surface area (Å²) in [5.41, 5.74) is 13.6. The molecule has 0 aliphatic rings. The van der Waals surface area contributed by atoms with Crippen LogP contribution in [0.4, 0.5) is 11.4 Å². The quantitative estimate of drug-likeness (QED) is 0.464. The van der Waals surface area contributed by atoms with Gasteiger partial charge in [0.05, 0.1) is 11.4 Å². The normalized spacial score (nSPS) is 10.3. The number of halogens is 1. The highest BCUT2D eigenvalue weighted by molar-refractivity contribution is 7.99. The first-order valence-corrected chi connectivity index (χ1v) is 5.57. The summed E-state index contributed by atoms with van der Waals surface area (Å²) in [5.74, 6) is 1.43. The van der Waals surface area contributed by atoms with Gasteiger partial charge in [0.1, 0.15) is 0 Å². The molecule has 0 aliphatic carbocycles. The molecule has 1 rings (SSSR count). The van der Waals surface area contributed by atoms with Crippen molar-refractivity contribution in [2.75, 3.05) is 17.2 Å². The Balaban J connectivity index is 3.06. The Bertz CT molecular complexity index is 302. The standard InChI is InChI=1S/C9H13ClN2S/c1-2-13-7-3-6(5-10)9(12)8(11)4-7/h3-4H,2,5,11-12H2,1H3. The maximum atomic E-state index is 5.74. The molecular weight excluding hydrogens is 204 g/mol. The van der Waals surface area contributed by atoms with E-state index in [-0.39, 0.29) is 0 Å². The van der Waals surface area contributed by atoms with Crippen LogP contribution in [0.25, 0.3) is 0 Å². The minimum atomic E-state index is 0.411. The van der Waals surface area contributed by atoms with Crippen LogP contribution >= 0.6 is 23.4 Å². The topological polar surface area (TPSA) is 52.0 Å². The predicted octanol–water partition coefficient (Wildman–Crippen LogP) is 2.70. The van der Waals surface area contributed by atoms with E-state index in [0.29, 0.717) is 17.3 Å². The molecule has 0 fully saturated rings. The molecule has 1 aromatic rings. The second kappa shape index (κ2) is 4.63. The van der Waals surface area contributed by atoms with Gasteiger partial charge >= 0.3 is 0 Å². The molecule has 72 valence electrons. The molecule has 0 unspecified atom stereocenters. The molecule has 0 bridgehead atoms. The molecule has 0 atom stereocenters. The van der Waals surface area contributed by atoms with E-state index in [9.17, 15) is 0 Å². The highest BCUT2D eigenvalue weighted by atomic mass is 35.5. The number of nitrogens with two attached hydrogens (primary N) is 2. The average Bonchev–Trinajstić information content (AvgIpc) is 2.11. The van der Waals surface area contributed by atoms with Crippen LogP contribution in [0.15, 0.2) is 17.0 Å². The zero-order chi connectivity index (χ0) is 9.84. The molecule has 0 aromatic heterocycles. The van der Waals surface area contributed by atoms with Crippen molar-refractivity contribution < 1.29 is 0 Å². The monoisotopic (exact) mass is 216 g/mol. The highest BCUT2D eigenvalue weighted by Crippen LogP contribution is 2.29. The second-order valence-electron chi connectivity index (χ2n) is 2.65. The van der Waals surface area contributed by atoms with Gasteiger partial charge in [-0.3, -0.25) is 0 Å². The Morgan fingerprint density at radius 1 is 1.38 bits per heavy atom.